The number of nitro groups is 1. The fourth-order valence-corrected chi connectivity index (χ4v) is 3.56. The molecule has 0 saturated carbocycles. The van der Waals surface area contributed by atoms with Gasteiger partial charge in [0.15, 0.2) is 4.90 Å². The van der Waals surface area contributed by atoms with Crippen molar-refractivity contribution < 1.29 is 13.3 Å². The normalized spacial score (nSPS) is 11.4. The quantitative estimate of drug-likeness (QED) is 0.653. The zero-order valence-corrected chi connectivity index (χ0v) is 13.3. The molecule has 0 fully saturated rings. The van der Waals surface area contributed by atoms with Gasteiger partial charge in [-0.3, -0.25) is 10.1 Å². The second-order valence-electron chi connectivity index (χ2n) is 4.33. The Morgan fingerprint density at radius 2 is 1.68 bits per heavy atom. The first-order chi connectivity index (χ1) is 10.3. The van der Waals surface area contributed by atoms with Crippen LogP contribution in [-0.2, 0) is 16.6 Å². The molecule has 0 radical (unpaired) electrons. The SMILES string of the molecule is O=[N+]([O-])c1ccccc1S(=O)(=O)NCc1cc(Cl)cc(Cl)c1. The Bertz CT molecular complexity index is 804. The van der Waals surface area contributed by atoms with Crippen LogP contribution in [0.5, 0.6) is 0 Å². The van der Waals surface area contributed by atoms with Crippen LogP contribution >= 0.6 is 23.2 Å². The maximum absolute atomic E-state index is 12.2. The fourth-order valence-electron chi connectivity index (χ4n) is 1.80. The average molecular weight is 361 g/mol. The number of nitro benzene ring substituents is 1. The van der Waals surface area contributed by atoms with Crippen LogP contribution < -0.4 is 4.72 Å². The van der Waals surface area contributed by atoms with Crippen molar-refractivity contribution >= 4 is 38.9 Å². The van der Waals surface area contributed by atoms with Crippen LogP contribution in [0.4, 0.5) is 5.69 Å². The molecule has 1 N–H and O–H groups in total. The molecule has 0 spiro atoms. The molecule has 2 rings (SSSR count). The average Bonchev–Trinajstić information content (AvgIpc) is 2.44. The Balaban J connectivity index is 2.27. The van der Waals surface area contributed by atoms with Gasteiger partial charge in [-0.05, 0) is 29.8 Å². The maximum Gasteiger partial charge on any atom is 0.289 e. The van der Waals surface area contributed by atoms with Gasteiger partial charge in [-0.2, -0.15) is 0 Å². The van der Waals surface area contributed by atoms with Gasteiger partial charge in [0.2, 0.25) is 10.0 Å². The molecule has 6 nitrogen and oxygen atoms in total. The van der Waals surface area contributed by atoms with Gasteiger partial charge in [0.1, 0.15) is 0 Å². The number of para-hydroxylation sites is 1. The van der Waals surface area contributed by atoms with Crippen molar-refractivity contribution in [3.63, 3.8) is 0 Å². The molecule has 0 bridgehead atoms. The van der Waals surface area contributed by atoms with E-state index < -0.39 is 25.5 Å². The lowest BCUT2D eigenvalue weighted by Gasteiger charge is -2.08. The standard InChI is InChI=1S/C13H10Cl2N2O4S/c14-10-5-9(6-11(15)7-10)8-16-22(20,21)13-4-2-1-3-12(13)17(18)19/h1-7,16H,8H2. The third kappa shape index (κ3) is 3.95. The first-order valence-corrected chi connectivity index (χ1v) is 8.21. The predicted octanol–water partition coefficient (Wildman–Crippen LogP) is 3.38. The predicted molar refractivity (Wildman–Crippen MR) is 83.6 cm³/mol. The molecule has 2 aromatic rings. The van der Waals surface area contributed by atoms with Crippen molar-refractivity contribution in [2.24, 2.45) is 0 Å². The van der Waals surface area contributed by atoms with E-state index in [0.29, 0.717) is 15.6 Å². The Labute approximate surface area is 136 Å². The van der Waals surface area contributed by atoms with Gasteiger partial charge < -0.3 is 0 Å². The molecular weight excluding hydrogens is 351 g/mol. The van der Waals surface area contributed by atoms with Gasteiger partial charge in [0.05, 0.1) is 4.92 Å². The van der Waals surface area contributed by atoms with E-state index in [1.165, 1.54) is 24.3 Å². The van der Waals surface area contributed by atoms with Gasteiger partial charge >= 0.3 is 0 Å². The van der Waals surface area contributed by atoms with Crippen LogP contribution in [0.1, 0.15) is 5.56 Å². The zero-order chi connectivity index (χ0) is 16.3. The molecule has 22 heavy (non-hydrogen) atoms. The van der Waals surface area contributed by atoms with Gasteiger partial charge in [-0.25, -0.2) is 13.1 Å². The van der Waals surface area contributed by atoms with Crippen LogP contribution in [0, 0.1) is 10.1 Å². The van der Waals surface area contributed by atoms with Crippen molar-refractivity contribution in [2.45, 2.75) is 11.4 Å². The largest absolute Gasteiger partial charge is 0.289 e. The summed E-state index contributed by atoms with van der Waals surface area (Å²) < 4.78 is 26.7. The number of benzene rings is 2. The van der Waals surface area contributed by atoms with Crippen molar-refractivity contribution in [3.8, 4) is 0 Å². The summed E-state index contributed by atoms with van der Waals surface area (Å²) >= 11 is 11.7. The molecule has 0 saturated heterocycles. The van der Waals surface area contributed by atoms with Gasteiger partial charge in [0, 0.05) is 22.7 Å². The molecule has 0 amide bonds. The molecule has 0 unspecified atom stereocenters. The van der Waals surface area contributed by atoms with E-state index in [-0.39, 0.29) is 6.54 Å². The van der Waals surface area contributed by atoms with E-state index in [4.69, 9.17) is 23.2 Å². The maximum atomic E-state index is 12.2. The minimum absolute atomic E-state index is 0.0886. The van der Waals surface area contributed by atoms with Gasteiger partial charge in [0.25, 0.3) is 5.69 Å². The summed E-state index contributed by atoms with van der Waals surface area (Å²) in [6, 6.07) is 9.73. The second kappa shape index (κ2) is 6.62. The van der Waals surface area contributed by atoms with Crippen molar-refractivity contribution in [3.05, 3.63) is 68.2 Å². The molecule has 0 aliphatic rings. The second-order valence-corrected chi connectivity index (χ2v) is 6.94. The monoisotopic (exact) mass is 360 g/mol. The fraction of sp³-hybridized carbons (Fsp3) is 0.0769. The summed E-state index contributed by atoms with van der Waals surface area (Å²) in [4.78, 5) is 9.77. The minimum atomic E-state index is -4.04. The van der Waals surface area contributed by atoms with E-state index >= 15 is 0 Å². The van der Waals surface area contributed by atoms with E-state index in [9.17, 15) is 18.5 Å². The van der Waals surface area contributed by atoms with E-state index in [2.05, 4.69) is 4.72 Å². The summed E-state index contributed by atoms with van der Waals surface area (Å²) in [6.07, 6.45) is 0. The van der Waals surface area contributed by atoms with Crippen LogP contribution in [0.15, 0.2) is 47.4 Å². The number of sulfonamides is 1. The number of nitrogens with one attached hydrogen (secondary N) is 1. The summed E-state index contributed by atoms with van der Waals surface area (Å²) in [6.45, 7) is -0.0886. The lowest BCUT2D eigenvalue weighted by molar-refractivity contribution is -0.387. The van der Waals surface area contributed by atoms with Crippen LogP contribution in [0.25, 0.3) is 0 Å². The van der Waals surface area contributed by atoms with Crippen molar-refractivity contribution in [2.75, 3.05) is 0 Å². The lowest BCUT2D eigenvalue weighted by Crippen LogP contribution is -2.24. The molecule has 9 heteroatoms. The summed E-state index contributed by atoms with van der Waals surface area (Å²) in [5.74, 6) is 0. The first kappa shape index (κ1) is 16.7. The Kier molecular flexibility index (Phi) is 5.02. The van der Waals surface area contributed by atoms with E-state index in [0.717, 1.165) is 6.07 Å². The Morgan fingerprint density at radius 3 is 2.27 bits per heavy atom. The number of hydrogen-bond donors (Lipinski definition) is 1. The molecule has 0 aliphatic carbocycles. The van der Waals surface area contributed by atoms with Crippen LogP contribution in [0.2, 0.25) is 10.0 Å². The van der Waals surface area contributed by atoms with E-state index in [1.54, 1.807) is 12.1 Å². The number of nitrogens with zero attached hydrogens (tertiary/aromatic N) is 1. The highest BCUT2D eigenvalue weighted by atomic mass is 35.5. The molecule has 0 aromatic heterocycles. The third-order valence-electron chi connectivity index (χ3n) is 2.74. The Hall–Kier alpha value is -1.67. The summed E-state index contributed by atoms with van der Waals surface area (Å²) in [5.41, 5.74) is 0.0544. The lowest BCUT2D eigenvalue weighted by atomic mass is 10.2. The van der Waals surface area contributed by atoms with E-state index in [1.807, 2.05) is 0 Å². The number of hydrogen-bond acceptors (Lipinski definition) is 4. The van der Waals surface area contributed by atoms with Crippen LogP contribution in [-0.4, -0.2) is 13.3 Å². The zero-order valence-electron chi connectivity index (χ0n) is 11.0. The molecule has 2 aromatic carbocycles. The van der Waals surface area contributed by atoms with Gasteiger partial charge in [-0.1, -0.05) is 35.3 Å². The highest BCUT2D eigenvalue weighted by Gasteiger charge is 2.24. The van der Waals surface area contributed by atoms with Crippen LogP contribution in [0.3, 0.4) is 0 Å². The van der Waals surface area contributed by atoms with Crippen molar-refractivity contribution in [1.82, 2.24) is 4.72 Å². The molecule has 0 atom stereocenters. The molecule has 0 aliphatic heterocycles. The minimum Gasteiger partial charge on any atom is -0.258 e. The smallest absolute Gasteiger partial charge is 0.258 e. The summed E-state index contributed by atoms with van der Waals surface area (Å²) in [7, 11) is -4.04. The van der Waals surface area contributed by atoms with Crippen molar-refractivity contribution in [1.29, 1.82) is 0 Å². The topological polar surface area (TPSA) is 89.3 Å². The highest BCUT2D eigenvalue weighted by Crippen LogP contribution is 2.23. The van der Waals surface area contributed by atoms with Gasteiger partial charge in [-0.15, -0.1) is 0 Å². The summed E-state index contributed by atoms with van der Waals surface area (Å²) in [5, 5.41) is 11.6. The molecule has 0 heterocycles. The third-order valence-corrected chi connectivity index (χ3v) is 4.63. The highest BCUT2D eigenvalue weighted by molar-refractivity contribution is 7.89. The number of halogens is 2. The first-order valence-electron chi connectivity index (χ1n) is 5.97. The molecular formula is C13H10Cl2N2O4S. The number of rotatable bonds is 5. The molecule has 116 valence electrons. The Morgan fingerprint density at radius 1 is 1.09 bits per heavy atom.